The number of hydrogen-bond acceptors (Lipinski definition) is 6. The van der Waals surface area contributed by atoms with Gasteiger partial charge in [0.1, 0.15) is 11.6 Å². The van der Waals surface area contributed by atoms with Crippen LogP contribution in [-0.2, 0) is 0 Å². The van der Waals surface area contributed by atoms with Crippen LogP contribution >= 0.6 is 0 Å². The minimum Gasteiger partial charge on any atom is -0.355 e. The lowest BCUT2D eigenvalue weighted by molar-refractivity contribution is 0.102. The SMILES string of the molecule is Cc1nc(C2CCCN(c3cnccn3)C2)ncc1C(=O)Nc1ccccc1. The van der Waals surface area contributed by atoms with Crippen LogP contribution in [0.4, 0.5) is 11.5 Å². The van der Waals surface area contributed by atoms with E-state index >= 15 is 0 Å². The summed E-state index contributed by atoms with van der Waals surface area (Å²) in [6.07, 6.45) is 8.87. The van der Waals surface area contributed by atoms with Gasteiger partial charge in [-0.3, -0.25) is 9.78 Å². The summed E-state index contributed by atoms with van der Waals surface area (Å²) in [5.41, 5.74) is 1.94. The van der Waals surface area contributed by atoms with Gasteiger partial charge in [0, 0.05) is 43.3 Å². The van der Waals surface area contributed by atoms with E-state index in [4.69, 9.17) is 0 Å². The lowest BCUT2D eigenvalue weighted by Crippen LogP contribution is -2.35. The molecular weight excluding hydrogens is 352 g/mol. The largest absolute Gasteiger partial charge is 0.355 e. The van der Waals surface area contributed by atoms with Crippen molar-refractivity contribution in [1.29, 1.82) is 0 Å². The number of anilines is 2. The molecule has 2 aromatic heterocycles. The van der Waals surface area contributed by atoms with E-state index in [0.29, 0.717) is 11.3 Å². The van der Waals surface area contributed by atoms with E-state index in [2.05, 4.69) is 30.2 Å². The lowest BCUT2D eigenvalue weighted by atomic mass is 9.97. The monoisotopic (exact) mass is 374 g/mol. The first-order valence-electron chi connectivity index (χ1n) is 9.41. The topological polar surface area (TPSA) is 83.9 Å². The van der Waals surface area contributed by atoms with Crippen LogP contribution in [0.15, 0.2) is 55.1 Å². The standard InChI is InChI=1S/C21H22N6O/c1-15-18(21(28)26-17-7-3-2-4-8-17)12-24-20(25-15)16-6-5-11-27(14-16)19-13-22-9-10-23-19/h2-4,7-10,12-13,16H,5-6,11,14H2,1H3,(H,26,28). The molecule has 1 atom stereocenters. The second-order valence-corrected chi connectivity index (χ2v) is 6.90. The number of para-hydroxylation sites is 1. The number of nitrogens with one attached hydrogen (secondary N) is 1. The number of amides is 1. The molecule has 0 spiro atoms. The first kappa shape index (κ1) is 18.0. The van der Waals surface area contributed by atoms with Crippen molar-refractivity contribution in [2.75, 3.05) is 23.3 Å². The third-order valence-electron chi connectivity index (χ3n) is 4.93. The van der Waals surface area contributed by atoms with Gasteiger partial charge in [-0.25, -0.2) is 15.0 Å². The predicted molar refractivity (Wildman–Crippen MR) is 107 cm³/mol. The number of aryl methyl sites for hydroxylation is 1. The Hall–Kier alpha value is -3.35. The molecule has 1 aliphatic heterocycles. The molecule has 1 amide bonds. The van der Waals surface area contributed by atoms with Crippen LogP contribution in [0.3, 0.4) is 0 Å². The Morgan fingerprint density at radius 1 is 1.14 bits per heavy atom. The highest BCUT2D eigenvalue weighted by molar-refractivity contribution is 6.04. The van der Waals surface area contributed by atoms with Crippen LogP contribution in [0.2, 0.25) is 0 Å². The zero-order chi connectivity index (χ0) is 19.3. The highest BCUT2D eigenvalue weighted by Crippen LogP contribution is 2.27. The summed E-state index contributed by atoms with van der Waals surface area (Å²) in [6.45, 7) is 3.60. The fraction of sp³-hybridized carbons (Fsp3) is 0.286. The second-order valence-electron chi connectivity index (χ2n) is 6.90. The molecule has 7 nitrogen and oxygen atoms in total. The number of benzene rings is 1. The highest BCUT2D eigenvalue weighted by atomic mass is 16.1. The first-order valence-corrected chi connectivity index (χ1v) is 9.41. The lowest BCUT2D eigenvalue weighted by Gasteiger charge is -2.32. The maximum absolute atomic E-state index is 12.5. The van der Waals surface area contributed by atoms with Gasteiger partial charge in [0.05, 0.1) is 17.5 Å². The fourth-order valence-electron chi connectivity index (χ4n) is 3.48. The summed E-state index contributed by atoms with van der Waals surface area (Å²) in [4.78, 5) is 32.5. The van der Waals surface area contributed by atoms with E-state index in [-0.39, 0.29) is 11.8 Å². The Morgan fingerprint density at radius 3 is 2.75 bits per heavy atom. The van der Waals surface area contributed by atoms with Gasteiger partial charge in [-0.1, -0.05) is 18.2 Å². The third-order valence-corrected chi connectivity index (χ3v) is 4.93. The molecule has 1 saturated heterocycles. The summed E-state index contributed by atoms with van der Waals surface area (Å²) >= 11 is 0. The Labute approximate surface area is 163 Å². The number of piperidine rings is 1. The molecule has 0 saturated carbocycles. The zero-order valence-electron chi connectivity index (χ0n) is 15.7. The van der Waals surface area contributed by atoms with Crippen molar-refractivity contribution in [1.82, 2.24) is 19.9 Å². The Morgan fingerprint density at radius 2 is 2.00 bits per heavy atom. The molecule has 1 fully saturated rings. The first-order chi connectivity index (χ1) is 13.7. The summed E-state index contributed by atoms with van der Waals surface area (Å²) in [7, 11) is 0. The molecule has 3 aromatic rings. The molecule has 1 N–H and O–H groups in total. The molecular formula is C21H22N6O. The minimum absolute atomic E-state index is 0.194. The number of rotatable bonds is 4. The molecule has 0 radical (unpaired) electrons. The predicted octanol–water partition coefficient (Wildman–Crippen LogP) is 3.21. The molecule has 1 aliphatic rings. The number of carbonyl (C=O) groups excluding carboxylic acids is 1. The van der Waals surface area contributed by atoms with E-state index in [0.717, 1.165) is 43.3 Å². The average Bonchev–Trinajstić information content (AvgIpc) is 2.75. The molecule has 28 heavy (non-hydrogen) atoms. The van der Waals surface area contributed by atoms with Gasteiger partial charge in [0.25, 0.3) is 5.91 Å². The number of carbonyl (C=O) groups is 1. The van der Waals surface area contributed by atoms with E-state index in [1.165, 1.54) is 0 Å². The van der Waals surface area contributed by atoms with E-state index in [9.17, 15) is 4.79 Å². The van der Waals surface area contributed by atoms with Gasteiger partial charge in [-0.05, 0) is 31.9 Å². The molecule has 0 aliphatic carbocycles. The molecule has 3 heterocycles. The Bertz CT molecular complexity index is 948. The van der Waals surface area contributed by atoms with Crippen molar-refractivity contribution in [2.24, 2.45) is 0 Å². The average molecular weight is 374 g/mol. The van der Waals surface area contributed by atoms with Crippen LogP contribution in [0, 0.1) is 6.92 Å². The molecule has 1 aromatic carbocycles. The van der Waals surface area contributed by atoms with Crippen LogP contribution in [-0.4, -0.2) is 38.9 Å². The summed E-state index contributed by atoms with van der Waals surface area (Å²) in [5.74, 6) is 1.67. The zero-order valence-corrected chi connectivity index (χ0v) is 15.7. The number of aromatic nitrogens is 4. The van der Waals surface area contributed by atoms with Crippen LogP contribution in [0.5, 0.6) is 0 Å². The van der Waals surface area contributed by atoms with Crippen LogP contribution in [0.25, 0.3) is 0 Å². The molecule has 4 rings (SSSR count). The van der Waals surface area contributed by atoms with Crippen molar-refractivity contribution in [3.05, 3.63) is 72.2 Å². The summed E-state index contributed by atoms with van der Waals surface area (Å²) in [5, 5.41) is 2.88. The van der Waals surface area contributed by atoms with Crippen molar-refractivity contribution in [3.63, 3.8) is 0 Å². The summed E-state index contributed by atoms with van der Waals surface area (Å²) in [6, 6.07) is 9.38. The van der Waals surface area contributed by atoms with Crippen LogP contribution < -0.4 is 10.2 Å². The van der Waals surface area contributed by atoms with Gasteiger partial charge >= 0.3 is 0 Å². The van der Waals surface area contributed by atoms with Gasteiger partial charge in [-0.2, -0.15) is 0 Å². The van der Waals surface area contributed by atoms with Crippen molar-refractivity contribution in [3.8, 4) is 0 Å². The van der Waals surface area contributed by atoms with E-state index in [1.54, 1.807) is 24.8 Å². The van der Waals surface area contributed by atoms with E-state index in [1.807, 2.05) is 37.3 Å². The molecule has 1 unspecified atom stereocenters. The molecule has 7 heteroatoms. The number of hydrogen-bond donors (Lipinski definition) is 1. The van der Waals surface area contributed by atoms with Crippen molar-refractivity contribution in [2.45, 2.75) is 25.7 Å². The Balaban J connectivity index is 1.48. The van der Waals surface area contributed by atoms with Crippen molar-refractivity contribution < 1.29 is 4.79 Å². The Kier molecular flexibility index (Phi) is 5.23. The van der Waals surface area contributed by atoms with Gasteiger partial charge < -0.3 is 10.2 Å². The molecule has 0 bridgehead atoms. The second kappa shape index (κ2) is 8.12. The maximum Gasteiger partial charge on any atom is 0.259 e. The maximum atomic E-state index is 12.5. The number of nitrogens with zero attached hydrogens (tertiary/aromatic N) is 5. The van der Waals surface area contributed by atoms with Crippen molar-refractivity contribution >= 4 is 17.4 Å². The van der Waals surface area contributed by atoms with Gasteiger partial charge in [0.2, 0.25) is 0 Å². The van der Waals surface area contributed by atoms with Crippen LogP contribution in [0.1, 0.15) is 40.6 Å². The smallest absolute Gasteiger partial charge is 0.259 e. The minimum atomic E-state index is -0.194. The summed E-state index contributed by atoms with van der Waals surface area (Å²) < 4.78 is 0. The molecule has 142 valence electrons. The fourth-order valence-corrected chi connectivity index (χ4v) is 3.48. The van der Waals surface area contributed by atoms with E-state index < -0.39 is 0 Å². The quantitative estimate of drug-likeness (QED) is 0.755. The third kappa shape index (κ3) is 3.98. The highest BCUT2D eigenvalue weighted by Gasteiger charge is 2.25. The normalized spacial score (nSPS) is 16.6. The van der Waals surface area contributed by atoms with Gasteiger partial charge in [0.15, 0.2) is 0 Å². The van der Waals surface area contributed by atoms with Gasteiger partial charge in [-0.15, -0.1) is 0 Å².